The topological polar surface area (TPSA) is 85.4 Å². The van der Waals surface area contributed by atoms with Crippen molar-refractivity contribution >= 4 is 22.9 Å². The molecule has 0 bridgehead atoms. The second-order valence-corrected chi connectivity index (χ2v) is 8.07. The first-order valence-corrected chi connectivity index (χ1v) is 9.06. The Bertz CT molecular complexity index is 824. The van der Waals surface area contributed by atoms with Crippen LogP contribution in [0.1, 0.15) is 53.4 Å². The van der Waals surface area contributed by atoms with Gasteiger partial charge >= 0.3 is 5.97 Å². The minimum absolute atomic E-state index is 0.207. The molecule has 1 heterocycles. The number of carbonyl (C=O) groups is 1. The van der Waals surface area contributed by atoms with E-state index in [0.29, 0.717) is 11.1 Å². The summed E-state index contributed by atoms with van der Waals surface area (Å²) in [6.07, 6.45) is 5.18. The van der Waals surface area contributed by atoms with Gasteiger partial charge < -0.3 is 5.11 Å². The molecule has 6 heteroatoms. The van der Waals surface area contributed by atoms with Gasteiger partial charge in [-0.25, -0.2) is 15.7 Å². The summed E-state index contributed by atoms with van der Waals surface area (Å²) in [5.41, 5.74) is 3.51. The fourth-order valence-electron chi connectivity index (χ4n) is 3.02. The predicted octanol–water partition coefficient (Wildman–Crippen LogP) is 4.49. The van der Waals surface area contributed by atoms with Crippen LogP contribution in [0.25, 0.3) is 16.8 Å². The maximum Gasteiger partial charge on any atom is 0.348 e. The van der Waals surface area contributed by atoms with E-state index in [2.05, 4.69) is 24.9 Å². The molecule has 0 aliphatic heterocycles. The van der Waals surface area contributed by atoms with Crippen molar-refractivity contribution < 1.29 is 14.7 Å². The zero-order valence-corrected chi connectivity index (χ0v) is 15.2. The molecule has 0 unspecified atom stereocenters. The van der Waals surface area contributed by atoms with Crippen LogP contribution in [0, 0.1) is 5.41 Å². The molecule has 3 rings (SSSR count). The predicted molar refractivity (Wildman–Crippen MR) is 99.1 cm³/mol. The Labute approximate surface area is 151 Å². The number of nitrogens with two attached hydrogens (primary N) is 1. The zero-order valence-electron chi connectivity index (χ0n) is 14.4. The molecule has 1 aliphatic rings. The second kappa shape index (κ2) is 7.07. The highest BCUT2D eigenvalue weighted by Crippen LogP contribution is 2.41. The first-order valence-electron chi connectivity index (χ1n) is 8.25. The Kier molecular flexibility index (Phi) is 5.03. The van der Waals surface area contributed by atoms with Gasteiger partial charge in [-0.1, -0.05) is 44.2 Å². The van der Waals surface area contributed by atoms with Gasteiger partial charge in [0.15, 0.2) is 0 Å². The minimum Gasteiger partial charge on any atom is -0.477 e. The van der Waals surface area contributed by atoms with E-state index in [1.54, 1.807) is 0 Å². The Morgan fingerprint density at radius 2 is 2.16 bits per heavy atom. The van der Waals surface area contributed by atoms with Crippen LogP contribution in [0.2, 0.25) is 0 Å². The lowest BCUT2D eigenvalue weighted by atomic mass is 9.78. The van der Waals surface area contributed by atoms with Crippen LogP contribution in [0.5, 0.6) is 0 Å². The molecular formula is C19H22N2O3S. The Morgan fingerprint density at radius 3 is 2.80 bits per heavy atom. The SMILES string of the molecule is CC1(C)CC=C(c2nc(-c3ccccc3CON)c(C(=O)O)s2)CC1. The van der Waals surface area contributed by atoms with Gasteiger partial charge in [-0.15, -0.1) is 11.3 Å². The normalized spacial score (nSPS) is 16.5. The van der Waals surface area contributed by atoms with Gasteiger partial charge in [-0.2, -0.15) is 0 Å². The average molecular weight is 358 g/mol. The van der Waals surface area contributed by atoms with Gasteiger partial charge in [0.25, 0.3) is 0 Å². The van der Waals surface area contributed by atoms with Gasteiger partial charge in [-0.3, -0.25) is 4.84 Å². The van der Waals surface area contributed by atoms with E-state index in [4.69, 9.17) is 10.7 Å². The molecule has 2 aromatic rings. The molecule has 0 amide bonds. The molecule has 25 heavy (non-hydrogen) atoms. The van der Waals surface area contributed by atoms with E-state index in [1.165, 1.54) is 11.3 Å². The van der Waals surface area contributed by atoms with Crippen molar-refractivity contribution in [3.8, 4) is 11.3 Å². The molecule has 0 fully saturated rings. The van der Waals surface area contributed by atoms with E-state index in [9.17, 15) is 9.90 Å². The number of nitrogens with zero attached hydrogens (tertiary/aromatic N) is 1. The van der Waals surface area contributed by atoms with Crippen molar-refractivity contribution in [3.05, 3.63) is 45.8 Å². The Balaban J connectivity index is 2.05. The van der Waals surface area contributed by atoms with Crippen molar-refractivity contribution in [1.82, 2.24) is 4.98 Å². The molecule has 0 saturated carbocycles. The maximum atomic E-state index is 11.8. The highest BCUT2D eigenvalue weighted by atomic mass is 32.1. The summed E-state index contributed by atoms with van der Waals surface area (Å²) in [6.45, 7) is 4.71. The Morgan fingerprint density at radius 1 is 1.40 bits per heavy atom. The summed E-state index contributed by atoms with van der Waals surface area (Å²) in [4.78, 5) is 21.5. The molecule has 5 nitrogen and oxygen atoms in total. The van der Waals surface area contributed by atoms with Crippen molar-refractivity contribution in [3.63, 3.8) is 0 Å². The molecule has 0 radical (unpaired) electrons. The number of carboxylic acid groups (broad SMARTS) is 1. The van der Waals surface area contributed by atoms with Crippen LogP contribution in [0.15, 0.2) is 30.3 Å². The monoisotopic (exact) mass is 358 g/mol. The van der Waals surface area contributed by atoms with Gasteiger partial charge in [-0.05, 0) is 35.8 Å². The lowest BCUT2D eigenvalue weighted by Crippen LogP contribution is -2.13. The summed E-state index contributed by atoms with van der Waals surface area (Å²) in [5.74, 6) is 4.25. The van der Waals surface area contributed by atoms with Crippen LogP contribution in [0.3, 0.4) is 0 Å². The number of allylic oxidation sites excluding steroid dienone is 2. The number of aromatic nitrogens is 1. The van der Waals surface area contributed by atoms with Crippen LogP contribution in [-0.2, 0) is 11.4 Å². The molecular weight excluding hydrogens is 336 g/mol. The summed E-state index contributed by atoms with van der Waals surface area (Å²) in [5, 5.41) is 10.4. The molecule has 3 N–H and O–H groups in total. The second-order valence-electron chi connectivity index (χ2n) is 7.07. The lowest BCUT2D eigenvalue weighted by Gasteiger charge is -2.27. The van der Waals surface area contributed by atoms with Crippen LogP contribution >= 0.6 is 11.3 Å². The third-order valence-corrected chi connectivity index (χ3v) is 5.70. The van der Waals surface area contributed by atoms with E-state index in [0.717, 1.165) is 41.0 Å². The molecule has 0 atom stereocenters. The average Bonchev–Trinajstić information content (AvgIpc) is 3.01. The van der Waals surface area contributed by atoms with E-state index < -0.39 is 5.97 Å². The minimum atomic E-state index is -0.959. The fourth-order valence-corrected chi connectivity index (χ4v) is 4.01. The number of aromatic carboxylic acids is 1. The van der Waals surface area contributed by atoms with E-state index in [-0.39, 0.29) is 11.5 Å². The number of thiazole rings is 1. The highest BCUT2D eigenvalue weighted by Gasteiger charge is 2.26. The third kappa shape index (κ3) is 3.81. The van der Waals surface area contributed by atoms with Crippen molar-refractivity contribution in [2.24, 2.45) is 11.3 Å². The van der Waals surface area contributed by atoms with Gasteiger partial charge in [0, 0.05) is 5.56 Å². The molecule has 0 saturated heterocycles. The van der Waals surface area contributed by atoms with Crippen LogP contribution in [-0.4, -0.2) is 16.1 Å². The summed E-state index contributed by atoms with van der Waals surface area (Å²) >= 11 is 1.24. The summed E-state index contributed by atoms with van der Waals surface area (Å²) in [6, 6.07) is 7.47. The van der Waals surface area contributed by atoms with E-state index in [1.807, 2.05) is 24.3 Å². The van der Waals surface area contributed by atoms with E-state index >= 15 is 0 Å². The van der Waals surface area contributed by atoms with Gasteiger partial charge in [0.1, 0.15) is 9.88 Å². The Hall–Kier alpha value is -2.02. The third-order valence-electron chi connectivity index (χ3n) is 4.58. The number of hydrogen-bond acceptors (Lipinski definition) is 5. The molecule has 132 valence electrons. The highest BCUT2D eigenvalue weighted by molar-refractivity contribution is 7.15. The number of carboxylic acids is 1. The molecule has 0 spiro atoms. The van der Waals surface area contributed by atoms with Crippen LogP contribution < -0.4 is 5.90 Å². The van der Waals surface area contributed by atoms with Crippen molar-refractivity contribution in [2.45, 2.75) is 39.7 Å². The quantitative estimate of drug-likeness (QED) is 0.769. The van der Waals surface area contributed by atoms with Crippen LogP contribution in [0.4, 0.5) is 0 Å². The molecule has 1 aromatic heterocycles. The fraction of sp³-hybridized carbons (Fsp3) is 0.368. The first-order chi connectivity index (χ1) is 11.9. The first kappa shape index (κ1) is 17.8. The summed E-state index contributed by atoms with van der Waals surface area (Å²) in [7, 11) is 0. The zero-order chi connectivity index (χ0) is 18.0. The largest absolute Gasteiger partial charge is 0.477 e. The lowest BCUT2D eigenvalue weighted by molar-refractivity contribution is 0.0702. The molecule has 1 aromatic carbocycles. The standard InChI is InChI=1S/C19H22N2O3S/c1-19(2)9-7-12(8-10-19)17-21-15(16(25-17)18(22)23)14-6-4-3-5-13(14)11-24-20/h3-7H,8-11,20H2,1-2H3,(H,22,23). The number of benzene rings is 1. The smallest absolute Gasteiger partial charge is 0.348 e. The maximum absolute atomic E-state index is 11.8. The van der Waals surface area contributed by atoms with Gasteiger partial charge in [0.2, 0.25) is 0 Å². The molecule has 1 aliphatic carbocycles. The van der Waals surface area contributed by atoms with Crippen molar-refractivity contribution in [1.29, 1.82) is 0 Å². The summed E-state index contributed by atoms with van der Waals surface area (Å²) < 4.78 is 0. The number of hydrogen-bond donors (Lipinski definition) is 2. The van der Waals surface area contributed by atoms with Crippen molar-refractivity contribution in [2.75, 3.05) is 0 Å². The van der Waals surface area contributed by atoms with Gasteiger partial charge in [0.05, 0.1) is 12.3 Å². The number of rotatable bonds is 5.